The number of amides is 1. The smallest absolute Gasteiger partial charge is 0.374 e. The lowest BCUT2D eigenvalue weighted by Crippen LogP contribution is -2.67. The highest BCUT2D eigenvalue weighted by atomic mass is 32.2. The highest BCUT2D eigenvalue weighted by Crippen LogP contribution is 2.39. The summed E-state index contributed by atoms with van der Waals surface area (Å²) < 4.78 is 68.1. The second kappa shape index (κ2) is 7.48. The molecule has 1 fully saturated rings. The van der Waals surface area contributed by atoms with Crippen molar-refractivity contribution < 1.29 is 31.1 Å². The first-order valence-corrected chi connectivity index (χ1v) is 11.4. The van der Waals surface area contributed by atoms with Crippen LogP contribution in [0.5, 0.6) is 0 Å². The molecule has 33 heavy (non-hydrogen) atoms. The van der Waals surface area contributed by atoms with E-state index < -0.39 is 43.6 Å². The van der Waals surface area contributed by atoms with Crippen molar-refractivity contribution in [1.29, 1.82) is 5.41 Å². The average Bonchev–Trinajstić information content (AvgIpc) is 2.72. The predicted molar refractivity (Wildman–Crippen MR) is 111 cm³/mol. The number of nitrogens with zero attached hydrogens (tertiary/aromatic N) is 2. The van der Waals surface area contributed by atoms with E-state index in [1.165, 1.54) is 13.8 Å². The van der Waals surface area contributed by atoms with E-state index >= 15 is 0 Å². The third kappa shape index (κ3) is 3.95. The first-order chi connectivity index (χ1) is 15.3. The summed E-state index contributed by atoms with van der Waals surface area (Å²) >= 11 is 0. The van der Waals surface area contributed by atoms with Crippen molar-refractivity contribution in [2.24, 2.45) is 0 Å². The van der Waals surface area contributed by atoms with Crippen molar-refractivity contribution in [3.05, 3.63) is 53.1 Å². The third-order valence-corrected chi connectivity index (χ3v) is 8.48. The number of rotatable bonds is 2. The number of carbonyl (C=O) groups is 1. The molecule has 1 spiro atoms. The molecule has 9 nitrogen and oxygen atoms in total. The molecule has 0 bridgehead atoms. The summed E-state index contributed by atoms with van der Waals surface area (Å²) in [5, 5.41) is 13.8. The highest BCUT2D eigenvalue weighted by molar-refractivity contribution is 7.93. The normalized spacial score (nSPS) is 23.5. The van der Waals surface area contributed by atoms with Crippen LogP contribution in [0.4, 0.5) is 18.9 Å². The number of hydrogen-bond donors (Lipinski definition) is 3. The number of anilines is 1. The van der Waals surface area contributed by atoms with E-state index in [9.17, 15) is 26.4 Å². The van der Waals surface area contributed by atoms with Gasteiger partial charge in [-0.1, -0.05) is 6.07 Å². The number of carbonyl (C=O) groups excluding carboxylic acids is 1. The largest absolute Gasteiger partial charge is 0.419 e. The maximum atomic E-state index is 12.9. The van der Waals surface area contributed by atoms with Gasteiger partial charge in [0.2, 0.25) is 5.82 Å². The van der Waals surface area contributed by atoms with Gasteiger partial charge in [0, 0.05) is 18.1 Å². The number of fused-ring (bicyclic) bond motifs is 2. The molecule has 2 aromatic rings. The summed E-state index contributed by atoms with van der Waals surface area (Å²) in [4.78, 5) is 19.4. The molecule has 1 atom stereocenters. The molecule has 0 unspecified atom stereocenters. The van der Waals surface area contributed by atoms with Gasteiger partial charge in [0.15, 0.2) is 9.84 Å². The number of nitrogens with one attached hydrogen (secondary N) is 3. The predicted octanol–water partition coefficient (Wildman–Crippen LogP) is 2.25. The number of hydrogen-bond acceptors (Lipinski definition) is 7. The lowest BCUT2D eigenvalue weighted by molar-refractivity contribution is -0.138. The van der Waals surface area contributed by atoms with Gasteiger partial charge in [-0.2, -0.15) is 13.2 Å². The van der Waals surface area contributed by atoms with Crippen molar-refractivity contribution >= 4 is 27.3 Å². The molecule has 4 rings (SSSR count). The fourth-order valence-corrected chi connectivity index (χ4v) is 5.41. The molecule has 3 heterocycles. The standard InChI is InChI=1S/C20H20F3N5O4S/c1-18(2)17(24)28-19(10-33(18,30)31)9-32-8-11-3-4-13(5-14(11)19)27-16(29)15-25-6-12(7-26-15)20(21,22)23/h3-7H,8-10H2,1-2H3,(H2,24,28)(H,27,29)/t19-/m0/s1. The molecule has 1 aromatic heterocycles. The second-order valence-electron chi connectivity index (χ2n) is 8.46. The van der Waals surface area contributed by atoms with Gasteiger partial charge in [-0.05, 0) is 37.1 Å². The highest BCUT2D eigenvalue weighted by Gasteiger charge is 2.54. The van der Waals surface area contributed by atoms with Gasteiger partial charge in [0.25, 0.3) is 5.91 Å². The van der Waals surface area contributed by atoms with E-state index in [2.05, 4.69) is 20.6 Å². The minimum Gasteiger partial charge on any atom is -0.374 e. The molecule has 0 aliphatic carbocycles. The Morgan fingerprint density at radius 2 is 1.91 bits per heavy atom. The Morgan fingerprint density at radius 1 is 1.24 bits per heavy atom. The van der Waals surface area contributed by atoms with Crippen LogP contribution in [0.3, 0.4) is 0 Å². The monoisotopic (exact) mass is 483 g/mol. The Labute approximate surface area is 187 Å². The van der Waals surface area contributed by atoms with Gasteiger partial charge in [0.05, 0.1) is 24.5 Å². The van der Waals surface area contributed by atoms with Crippen molar-refractivity contribution in [3.63, 3.8) is 0 Å². The van der Waals surface area contributed by atoms with Crippen molar-refractivity contribution in [1.82, 2.24) is 15.3 Å². The molecule has 0 radical (unpaired) electrons. The van der Waals surface area contributed by atoms with E-state index in [0.29, 0.717) is 23.5 Å². The van der Waals surface area contributed by atoms with Gasteiger partial charge in [-0.25, -0.2) is 18.4 Å². The summed E-state index contributed by atoms with van der Waals surface area (Å²) in [6, 6.07) is 4.76. The third-order valence-electron chi connectivity index (χ3n) is 5.85. The fraction of sp³-hybridized carbons (Fsp3) is 0.400. The molecular formula is C20H20F3N5O4S. The Morgan fingerprint density at radius 3 is 2.52 bits per heavy atom. The molecule has 176 valence electrons. The molecule has 1 saturated heterocycles. The van der Waals surface area contributed by atoms with E-state index in [1.807, 2.05) is 0 Å². The van der Waals surface area contributed by atoms with Crippen molar-refractivity contribution in [2.45, 2.75) is 36.9 Å². The number of alkyl halides is 3. The molecule has 1 amide bonds. The van der Waals surface area contributed by atoms with Gasteiger partial charge in [-0.3, -0.25) is 10.2 Å². The minimum atomic E-state index is -4.63. The summed E-state index contributed by atoms with van der Waals surface area (Å²) in [7, 11) is -3.72. The Kier molecular flexibility index (Phi) is 5.24. The number of ether oxygens (including phenoxy) is 1. The van der Waals surface area contributed by atoms with Crippen LogP contribution in [0.15, 0.2) is 30.6 Å². The molecule has 1 aromatic carbocycles. The van der Waals surface area contributed by atoms with Crippen LogP contribution < -0.4 is 10.6 Å². The first kappa shape index (κ1) is 23.1. The van der Waals surface area contributed by atoms with Crippen LogP contribution >= 0.6 is 0 Å². The Bertz CT molecular complexity index is 1250. The van der Waals surface area contributed by atoms with Crippen LogP contribution in [0, 0.1) is 5.41 Å². The maximum Gasteiger partial charge on any atom is 0.419 e. The van der Waals surface area contributed by atoms with Gasteiger partial charge < -0.3 is 15.4 Å². The zero-order chi connectivity index (χ0) is 24.2. The van der Waals surface area contributed by atoms with Crippen LogP contribution in [0.2, 0.25) is 0 Å². The summed E-state index contributed by atoms with van der Waals surface area (Å²) in [6.07, 6.45) is -3.59. The number of halogens is 3. The lowest BCUT2D eigenvalue weighted by Gasteiger charge is -2.47. The maximum absolute atomic E-state index is 12.9. The van der Waals surface area contributed by atoms with Gasteiger partial charge in [-0.15, -0.1) is 0 Å². The molecule has 3 N–H and O–H groups in total. The summed E-state index contributed by atoms with van der Waals surface area (Å²) in [5.74, 6) is -1.77. The molecule has 13 heteroatoms. The topological polar surface area (TPSA) is 134 Å². The SMILES string of the molecule is CC1(C)C(=N)N[C@@]2(COCc3ccc(NC(=O)c4ncc(C(F)(F)F)cn4)cc32)CS1(=O)=O. The number of amidine groups is 1. The van der Waals surface area contributed by atoms with Gasteiger partial charge >= 0.3 is 6.18 Å². The zero-order valence-corrected chi connectivity index (χ0v) is 18.4. The van der Waals surface area contributed by atoms with E-state index in [-0.39, 0.29) is 30.5 Å². The van der Waals surface area contributed by atoms with Crippen molar-refractivity contribution in [2.75, 3.05) is 17.7 Å². The zero-order valence-electron chi connectivity index (χ0n) is 17.6. The van der Waals surface area contributed by atoms with E-state index in [0.717, 1.165) is 0 Å². The van der Waals surface area contributed by atoms with E-state index in [1.54, 1.807) is 18.2 Å². The fourth-order valence-electron chi connectivity index (χ4n) is 3.73. The number of sulfone groups is 1. The molecule has 2 aliphatic rings. The Balaban J connectivity index is 1.64. The number of benzene rings is 1. The van der Waals surface area contributed by atoms with E-state index in [4.69, 9.17) is 10.1 Å². The first-order valence-electron chi connectivity index (χ1n) is 9.76. The minimum absolute atomic E-state index is 0.00287. The lowest BCUT2D eigenvalue weighted by atomic mass is 9.85. The molecule has 2 aliphatic heterocycles. The van der Waals surface area contributed by atoms with Crippen LogP contribution in [-0.2, 0) is 32.9 Å². The Hall–Kier alpha value is -3.06. The number of aromatic nitrogens is 2. The summed E-state index contributed by atoms with van der Waals surface area (Å²) in [6.45, 7) is 3.12. The van der Waals surface area contributed by atoms with Crippen molar-refractivity contribution in [3.8, 4) is 0 Å². The quantitative estimate of drug-likeness (QED) is 0.596. The van der Waals surface area contributed by atoms with Crippen LogP contribution in [0.25, 0.3) is 0 Å². The average molecular weight is 483 g/mol. The summed E-state index contributed by atoms with van der Waals surface area (Å²) in [5.41, 5.74) is -0.808. The molecular weight excluding hydrogens is 463 g/mol. The van der Waals surface area contributed by atoms with Crippen LogP contribution in [0.1, 0.15) is 41.2 Å². The van der Waals surface area contributed by atoms with Crippen LogP contribution in [-0.4, -0.2) is 47.2 Å². The van der Waals surface area contributed by atoms with Gasteiger partial charge in [0.1, 0.15) is 16.1 Å². The molecule has 0 saturated carbocycles. The second-order valence-corrected chi connectivity index (χ2v) is 11.0.